The van der Waals surface area contributed by atoms with E-state index in [0.717, 1.165) is 25.3 Å². The molecule has 2 atom stereocenters. The van der Waals surface area contributed by atoms with E-state index in [1.165, 1.54) is 11.8 Å². The number of carbonyl (C=O) groups excluding carboxylic acids is 2. The summed E-state index contributed by atoms with van der Waals surface area (Å²) in [4.78, 5) is 33.6. The van der Waals surface area contributed by atoms with Crippen molar-refractivity contribution in [3.8, 4) is 0 Å². The lowest BCUT2D eigenvalue weighted by molar-refractivity contribution is -0.133. The highest BCUT2D eigenvalue weighted by Crippen LogP contribution is 2.48. The van der Waals surface area contributed by atoms with Gasteiger partial charge in [-0.15, -0.1) is 0 Å². The minimum absolute atomic E-state index is 0.129. The van der Waals surface area contributed by atoms with Crippen molar-refractivity contribution >= 4 is 23.3 Å². The van der Waals surface area contributed by atoms with Crippen LogP contribution in [-0.4, -0.2) is 47.9 Å². The zero-order valence-electron chi connectivity index (χ0n) is 17.1. The molecule has 3 aromatic rings. The van der Waals surface area contributed by atoms with Crippen LogP contribution >= 0.6 is 0 Å². The lowest BCUT2D eigenvalue weighted by atomic mass is 10.1. The SMILES string of the molecule is O=C(Nc1ccc(N2CCN(C(=O)C3C[C@H]3c3ccccc3)CC2)nc1)c1ccco1. The number of furan rings is 1. The highest BCUT2D eigenvalue weighted by Gasteiger charge is 2.46. The molecule has 0 radical (unpaired) electrons. The highest BCUT2D eigenvalue weighted by atomic mass is 16.3. The molecule has 2 fully saturated rings. The molecule has 7 nitrogen and oxygen atoms in total. The number of hydrogen-bond donors (Lipinski definition) is 1. The van der Waals surface area contributed by atoms with Crippen LogP contribution in [0.5, 0.6) is 0 Å². The fraction of sp³-hybridized carbons (Fsp3) is 0.292. The van der Waals surface area contributed by atoms with Crippen molar-refractivity contribution < 1.29 is 14.0 Å². The van der Waals surface area contributed by atoms with Gasteiger partial charge in [0.15, 0.2) is 5.76 Å². The third-order valence-corrected chi connectivity index (χ3v) is 6.00. The summed E-state index contributed by atoms with van der Waals surface area (Å²) in [6, 6.07) is 17.3. The standard InChI is InChI=1S/C24H24N4O3/c29-23(21-7-4-14-31-21)26-18-8-9-22(25-16-18)27-10-12-28(13-11-27)24(30)20-15-19(20)17-5-2-1-3-6-17/h1-9,14,16,19-20H,10-13,15H2,(H,26,29)/t19-,20?/m0/s1. The van der Waals surface area contributed by atoms with Crippen molar-refractivity contribution in [1.29, 1.82) is 0 Å². The van der Waals surface area contributed by atoms with Gasteiger partial charge in [-0.25, -0.2) is 4.98 Å². The van der Waals surface area contributed by atoms with Crippen LogP contribution in [0.2, 0.25) is 0 Å². The van der Waals surface area contributed by atoms with Crippen LogP contribution in [0.25, 0.3) is 0 Å². The van der Waals surface area contributed by atoms with Gasteiger partial charge >= 0.3 is 0 Å². The molecule has 7 heteroatoms. The number of rotatable bonds is 5. The van der Waals surface area contributed by atoms with E-state index in [0.29, 0.717) is 24.7 Å². The van der Waals surface area contributed by atoms with E-state index in [4.69, 9.17) is 4.42 Å². The zero-order chi connectivity index (χ0) is 21.2. The average Bonchev–Trinajstić information content (AvgIpc) is 3.43. The summed E-state index contributed by atoms with van der Waals surface area (Å²) in [5.74, 6) is 1.58. The van der Waals surface area contributed by atoms with Gasteiger partial charge in [-0.05, 0) is 42.2 Å². The summed E-state index contributed by atoms with van der Waals surface area (Å²) in [6.07, 6.45) is 4.06. The Morgan fingerprint density at radius 1 is 0.968 bits per heavy atom. The third-order valence-electron chi connectivity index (χ3n) is 6.00. The molecule has 3 heterocycles. The summed E-state index contributed by atoms with van der Waals surface area (Å²) in [6.45, 7) is 2.91. The normalized spacial score (nSPS) is 20.4. The van der Waals surface area contributed by atoms with Crippen LogP contribution in [0.1, 0.15) is 28.5 Å². The molecule has 1 saturated carbocycles. The quantitative estimate of drug-likeness (QED) is 0.690. The summed E-state index contributed by atoms with van der Waals surface area (Å²) >= 11 is 0. The Hall–Kier alpha value is -3.61. The number of amides is 2. The largest absolute Gasteiger partial charge is 0.459 e. The predicted octanol–water partition coefficient (Wildman–Crippen LogP) is 3.38. The molecule has 0 spiro atoms. The first-order valence-electron chi connectivity index (χ1n) is 10.6. The van der Waals surface area contributed by atoms with Gasteiger partial charge in [0.2, 0.25) is 5.91 Å². The van der Waals surface area contributed by atoms with Gasteiger partial charge in [0, 0.05) is 32.1 Å². The first kappa shape index (κ1) is 19.4. The molecule has 0 bridgehead atoms. The van der Waals surface area contributed by atoms with E-state index in [2.05, 4.69) is 27.3 Å². The first-order chi connectivity index (χ1) is 15.2. The summed E-state index contributed by atoms with van der Waals surface area (Å²) in [5.41, 5.74) is 1.88. The van der Waals surface area contributed by atoms with Crippen LogP contribution in [0.15, 0.2) is 71.5 Å². The van der Waals surface area contributed by atoms with E-state index in [1.54, 1.807) is 18.3 Å². The smallest absolute Gasteiger partial charge is 0.291 e. The molecule has 5 rings (SSSR count). The Bertz CT molecular complexity index is 1040. The number of aromatic nitrogens is 1. The Kier molecular flexibility index (Phi) is 5.16. The molecule has 1 unspecified atom stereocenters. The third kappa shape index (κ3) is 4.17. The number of benzene rings is 1. The number of anilines is 2. The summed E-state index contributed by atoms with van der Waals surface area (Å²) < 4.78 is 5.10. The van der Waals surface area contributed by atoms with E-state index in [9.17, 15) is 9.59 Å². The minimum atomic E-state index is -0.305. The Morgan fingerprint density at radius 2 is 1.77 bits per heavy atom. The molecular formula is C24H24N4O3. The molecule has 2 amide bonds. The van der Waals surface area contributed by atoms with Gasteiger partial charge in [0.1, 0.15) is 5.82 Å². The Labute approximate surface area is 180 Å². The van der Waals surface area contributed by atoms with Crippen LogP contribution < -0.4 is 10.2 Å². The lowest BCUT2D eigenvalue weighted by Crippen LogP contribution is -2.49. The highest BCUT2D eigenvalue weighted by molar-refractivity contribution is 6.02. The molecule has 1 aromatic carbocycles. The zero-order valence-corrected chi connectivity index (χ0v) is 17.1. The second kappa shape index (κ2) is 8.26. The Balaban J connectivity index is 1.13. The van der Waals surface area contributed by atoms with Gasteiger partial charge in [-0.3, -0.25) is 9.59 Å². The monoisotopic (exact) mass is 416 g/mol. The first-order valence-corrected chi connectivity index (χ1v) is 10.6. The van der Waals surface area contributed by atoms with Crippen molar-refractivity contribution in [3.63, 3.8) is 0 Å². The maximum Gasteiger partial charge on any atom is 0.291 e. The summed E-state index contributed by atoms with van der Waals surface area (Å²) in [7, 11) is 0. The van der Waals surface area contributed by atoms with Crippen LogP contribution in [0.3, 0.4) is 0 Å². The molecule has 1 aliphatic heterocycles. The number of carbonyl (C=O) groups is 2. The molecule has 2 aromatic heterocycles. The van der Waals surface area contributed by atoms with E-state index in [1.807, 2.05) is 35.2 Å². The molecule has 158 valence electrons. The number of pyridine rings is 1. The topological polar surface area (TPSA) is 78.7 Å². The number of nitrogens with zero attached hydrogens (tertiary/aromatic N) is 3. The van der Waals surface area contributed by atoms with E-state index < -0.39 is 0 Å². The van der Waals surface area contributed by atoms with E-state index in [-0.39, 0.29) is 23.5 Å². The predicted molar refractivity (Wildman–Crippen MR) is 117 cm³/mol. The van der Waals surface area contributed by atoms with E-state index >= 15 is 0 Å². The molecular weight excluding hydrogens is 392 g/mol. The van der Waals surface area contributed by atoms with Gasteiger partial charge in [0.25, 0.3) is 5.91 Å². The average molecular weight is 416 g/mol. The summed E-state index contributed by atoms with van der Waals surface area (Å²) in [5, 5.41) is 2.77. The molecule has 2 aliphatic rings. The van der Waals surface area contributed by atoms with Crippen LogP contribution in [0.4, 0.5) is 11.5 Å². The fourth-order valence-corrected chi connectivity index (χ4v) is 4.17. The van der Waals surface area contributed by atoms with Gasteiger partial charge < -0.3 is 19.5 Å². The maximum atomic E-state index is 12.9. The number of hydrogen-bond acceptors (Lipinski definition) is 5. The minimum Gasteiger partial charge on any atom is -0.459 e. The molecule has 31 heavy (non-hydrogen) atoms. The fourth-order valence-electron chi connectivity index (χ4n) is 4.17. The van der Waals surface area contributed by atoms with Gasteiger partial charge in [-0.2, -0.15) is 0 Å². The molecule has 1 N–H and O–H groups in total. The molecule has 1 aliphatic carbocycles. The van der Waals surface area contributed by atoms with Crippen molar-refractivity contribution in [2.75, 3.05) is 36.4 Å². The van der Waals surface area contributed by atoms with Crippen molar-refractivity contribution in [2.45, 2.75) is 12.3 Å². The van der Waals surface area contributed by atoms with Gasteiger partial charge in [0.05, 0.1) is 18.1 Å². The van der Waals surface area contributed by atoms with Crippen molar-refractivity contribution in [3.05, 3.63) is 78.4 Å². The second-order valence-electron chi connectivity index (χ2n) is 8.01. The second-order valence-corrected chi connectivity index (χ2v) is 8.01. The number of nitrogens with one attached hydrogen (secondary N) is 1. The van der Waals surface area contributed by atoms with Crippen molar-refractivity contribution in [2.24, 2.45) is 5.92 Å². The van der Waals surface area contributed by atoms with Crippen LogP contribution in [-0.2, 0) is 4.79 Å². The lowest BCUT2D eigenvalue weighted by Gasteiger charge is -2.35. The van der Waals surface area contributed by atoms with Gasteiger partial charge in [-0.1, -0.05) is 30.3 Å². The van der Waals surface area contributed by atoms with Crippen LogP contribution in [0, 0.1) is 5.92 Å². The maximum absolute atomic E-state index is 12.9. The molecule has 1 saturated heterocycles. The Morgan fingerprint density at radius 3 is 2.45 bits per heavy atom. The number of piperazine rings is 1. The van der Waals surface area contributed by atoms with Crippen molar-refractivity contribution in [1.82, 2.24) is 9.88 Å².